The number of sulfonamides is 1. The molecule has 1 aliphatic carbocycles. The van der Waals surface area contributed by atoms with Gasteiger partial charge in [-0.25, -0.2) is 13.1 Å². The van der Waals surface area contributed by atoms with E-state index in [2.05, 4.69) is 22.7 Å². The molecule has 1 aromatic rings. The zero-order valence-corrected chi connectivity index (χ0v) is 15.9. The minimum atomic E-state index is -3.25. The normalized spacial score (nSPS) is 22.8. The van der Waals surface area contributed by atoms with Gasteiger partial charge < -0.3 is 5.32 Å². The highest BCUT2D eigenvalue weighted by Gasteiger charge is 2.32. The fourth-order valence-electron chi connectivity index (χ4n) is 2.76. The molecule has 0 aromatic heterocycles. The van der Waals surface area contributed by atoms with Crippen molar-refractivity contribution in [3.05, 3.63) is 24.3 Å². The second-order valence-electron chi connectivity index (χ2n) is 7.38. The third-order valence-electron chi connectivity index (χ3n) is 4.42. The number of hydrogen-bond donors (Lipinski definition) is 3. The van der Waals surface area contributed by atoms with Gasteiger partial charge in [0.2, 0.25) is 10.0 Å². The van der Waals surface area contributed by atoms with Crippen LogP contribution in [0.5, 0.6) is 0 Å². The highest BCUT2D eigenvalue weighted by Crippen LogP contribution is 2.27. The molecule has 0 heterocycles. The molecule has 130 valence electrons. The molecular formula is C17H28N2O2S2. The Morgan fingerprint density at radius 3 is 2.39 bits per heavy atom. The summed E-state index contributed by atoms with van der Waals surface area (Å²) in [6.07, 6.45) is 3.91. The van der Waals surface area contributed by atoms with E-state index in [1.54, 1.807) is 20.8 Å². The van der Waals surface area contributed by atoms with Gasteiger partial charge >= 0.3 is 0 Å². The monoisotopic (exact) mass is 356 g/mol. The van der Waals surface area contributed by atoms with Crippen molar-refractivity contribution < 1.29 is 8.42 Å². The summed E-state index contributed by atoms with van der Waals surface area (Å²) in [4.78, 5) is 0.954. The van der Waals surface area contributed by atoms with Crippen molar-refractivity contribution in [1.82, 2.24) is 4.72 Å². The van der Waals surface area contributed by atoms with Crippen molar-refractivity contribution >= 4 is 28.3 Å². The first-order valence-corrected chi connectivity index (χ1v) is 10.2. The van der Waals surface area contributed by atoms with Crippen molar-refractivity contribution in [3.63, 3.8) is 0 Å². The van der Waals surface area contributed by atoms with Gasteiger partial charge in [0, 0.05) is 23.2 Å². The lowest BCUT2D eigenvalue weighted by Crippen LogP contribution is -2.46. The van der Waals surface area contributed by atoms with E-state index in [0.717, 1.165) is 42.8 Å². The average Bonchev–Trinajstić information content (AvgIpc) is 2.45. The quantitative estimate of drug-likeness (QED) is 0.706. The predicted octanol–water partition coefficient (Wildman–Crippen LogP) is 3.66. The fraction of sp³-hybridized carbons (Fsp3) is 0.647. The van der Waals surface area contributed by atoms with Gasteiger partial charge in [-0.1, -0.05) is 6.07 Å². The van der Waals surface area contributed by atoms with Crippen LogP contribution in [0.3, 0.4) is 0 Å². The molecule has 0 saturated heterocycles. The molecule has 6 heteroatoms. The van der Waals surface area contributed by atoms with Crippen LogP contribution in [-0.4, -0.2) is 25.8 Å². The maximum Gasteiger partial charge on any atom is 0.216 e. The van der Waals surface area contributed by atoms with Crippen molar-refractivity contribution in [2.24, 2.45) is 5.92 Å². The molecule has 23 heavy (non-hydrogen) atoms. The Hall–Kier alpha value is -0.720. The maximum absolute atomic E-state index is 12.2. The van der Waals surface area contributed by atoms with Crippen LogP contribution in [0.4, 0.5) is 5.69 Å². The molecule has 1 saturated carbocycles. The molecule has 1 aromatic carbocycles. The summed E-state index contributed by atoms with van der Waals surface area (Å²) in [5.41, 5.74) is 1.09. The van der Waals surface area contributed by atoms with E-state index in [-0.39, 0.29) is 6.04 Å². The molecule has 1 aliphatic rings. The summed E-state index contributed by atoms with van der Waals surface area (Å²) < 4.78 is 26.6. The van der Waals surface area contributed by atoms with Crippen LogP contribution in [0.25, 0.3) is 0 Å². The number of benzene rings is 1. The second-order valence-corrected chi connectivity index (χ2v) is 10.4. The number of anilines is 1. The van der Waals surface area contributed by atoms with Gasteiger partial charge in [-0.2, -0.15) is 0 Å². The molecule has 4 nitrogen and oxygen atoms in total. The van der Waals surface area contributed by atoms with E-state index in [4.69, 9.17) is 0 Å². The number of hydrogen-bond acceptors (Lipinski definition) is 4. The second kappa shape index (κ2) is 7.45. The topological polar surface area (TPSA) is 58.2 Å². The molecule has 0 unspecified atom stereocenters. The Morgan fingerprint density at radius 2 is 1.83 bits per heavy atom. The molecule has 0 spiro atoms. The van der Waals surface area contributed by atoms with Gasteiger partial charge in [-0.05, 0) is 70.6 Å². The minimum Gasteiger partial charge on any atom is -0.385 e. The van der Waals surface area contributed by atoms with E-state index in [0.29, 0.717) is 5.92 Å². The Kier molecular flexibility index (Phi) is 6.03. The number of rotatable bonds is 5. The Morgan fingerprint density at radius 1 is 1.17 bits per heavy atom. The van der Waals surface area contributed by atoms with E-state index < -0.39 is 14.8 Å². The first-order chi connectivity index (χ1) is 10.7. The maximum atomic E-state index is 12.2. The fourth-order valence-corrected chi connectivity index (χ4v) is 4.01. The van der Waals surface area contributed by atoms with Crippen LogP contribution in [0, 0.1) is 5.92 Å². The highest BCUT2D eigenvalue weighted by molar-refractivity contribution is 7.90. The lowest BCUT2D eigenvalue weighted by molar-refractivity contribution is 0.322. The standard InChI is InChI=1S/C17H28N2O2S2/c1-17(2,3)23(20,21)19-14-9-7-13(8-10-14)12-18-15-5-4-6-16(22)11-15/h4-6,11,13-14,18-19,22H,7-10,12H2,1-3H3. The average molecular weight is 357 g/mol. The lowest BCUT2D eigenvalue weighted by Gasteiger charge is -2.31. The summed E-state index contributed by atoms with van der Waals surface area (Å²) in [6.45, 7) is 6.14. The van der Waals surface area contributed by atoms with E-state index in [1.807, 2.05) is 24.3 Å². The van der Waals surface area contributed by atoms with Crippen LogP contribution in [-0.2, 0) is 10.0 Å². The van der Waals surface area contributed by atoms with E-state index in [1.165, 1.54) is 0 Å². The van der Waals surface area contributed by atoms with Gasteiger partial charge in [0.15, 0.2) is 0 Å². The summed E-state index contributed by atoms with van der Waals surface area (Å²) in [7, 11) is -3.25. The molecule has 1 fully saturated rings. The van der Waals surface area contributed by atoms with Crippen molar-refractivity contribution in [3.8, 4) is 0 Å². The zero-order chi connectivity index (χ0) is 17.1. The Bertz CT molecular complexity index is 616. The largest absolute Gasteiger partial charge is 0.385 e. The first kappa shape index (κ1) is 18.6. The molecule has 0 radical (unpaired) electrons. The molecular weight excluding hydrogens is 328 g/mol. The van der Waals surface area contributed by atoms with Crippen molar-refractivity contribution in [1.29, 1.82) is 0 Å². The highest BCUT2D eigenvalue weighted by atomic mass is 32.2. The van der Waals surface area contributed by atoms with Crippen LogP contribution >= 0.6 is 12.6 Å². The van der Waals surface area contributed by atoms with Crippen LogP contribution in [0.1, 0.15) is 46.5 Å². The number of nitrogens with one attached hydrogen (secondary N) is 2. The zero-order valence-electron chi connectivity index (χ0n) is 14.2. The molecule has 0 atom stereocenters. The molecule has 0 amide bonds. The van der Waals surface area contributed by atoms with E-state index >= 15 is 0 Å². The van der Waals surface area contributed by atoms with Crippen LogP contribution in [0.2, 0.25) is 0 Å². The smallest absolute Gasteiger partial charge is 0.216 e. The molecule has 2 rings (SSSR count). The van der Waals surface area contributed by atoms with Crippen LogP contribution in [0.15, 0.2) is 29.2 Å². The Balaban J connectivity index is 1.78. The summed E-state index contributed by atoms with van der Waals surface area (Å²) in [6, 6.07) is 8.09. The van der Waals surface area contributed by atoms with Gasteiger partial charge in [-0.3, -0.25) is 0 Å². The molecule has 2 N–H and O–H groups in total. The minimum absolute atomic E-state index is 0.0799. The van der Waals surface area contributed by atoms with Gasteiger partial charge in [0.05, 0.1) is 4.75 Å². The summed E-state index contributed by atoms with van der Waals surface area (Å²) >= 11 is 4.34. The SMILES string of the molecule is CC(C)(C)S(=O)(=O)NC1CCC(CNc2cccc(S)c2)CC1. The third-order valence-corrected chi connectivity index (χ3v) is 6.95. The van der Waals surface area contributed by atoms with Crippen LogP contribution < -0.4 is 10.0 Å². The van der Waals surface area contributed by atoms with Crippen molar-refractivity contribution in [2.45, 2.75) is 62.1 Å². The van der Waals surface area contributed by atoms with Gasteiger partial charge in [-0.15, -0.1) is 12.6 Å². The predicted molar refractivity (Wildman–Crippen MR) is 99.7 cm³/mol. The van der Waals surface area contributed by atoms with Gasteiger partial charge in [0.25, 0.3) is 0 Å². The third kappa shape index (κ3) is 5.40. The number of thiol groups is 1. The first-order valence-electron chi connectivity index (χ1n) is 8.22. The Labute approximate surface area is 145 Å². The lowest BCUT2D eigenvalue weighted by atomic mass is 9.86. The van der Waals surface area contributed by atoms with E-state index in [9.17, 15) is 8.42 Å². The summed E-state index contributed by atoms with van der Waals surface area (Å²) in [5.74, 6) is 0.592. The molecule has 0 aliphatic heterocycles. The van der Waals surface area contributed by atoms with Crippen molar-refractivity contribution in [2.75, 3.05) is 11.9 Å². The molecule has 0 bridgehead atoms. The summed E-state index contributed by atoms with van der Waals surface area (Å²) in [5, 5.41) is 3.45. The van der Waals surface area contributed by atoms with Gasteiger partial charge in [0.1, 0.15) is 0 Å².